The van der Waals surface area contributed by atoms with Crippen molar-refractivity contribution >= 4 is 170 Å². The number of sulfonamides is 1. The smallest absolute Gasteiger partial charge is 0.481 e. The third kappa shape index (κ3) is 28.9. The number of rotatable bonds is 19. The first-order valence-electron chi connectivity index (χ1n) is 43.0. The molecule has 0 bridgehead atoms. The minimum atomic E-state index is -3.90. The average molecular weight is 2150 g/mol. The monoisotopic (exact) mass is 2140 g/mol. The average Bonchev–Trinajstić information content (AvgIpc) is 1.65. The Bertz CT molecular complexity index is 6920. The molecule has 8 heterocycles. The number of nitrogen functional groups attached to an aromatic ring is 1. The van der Waals surface area contributed by atoms with Crippen molar-refractivity contribution in [2.45, 2.75) is 198 Å². The van der Waals surface area contributed by atoms with Crippen molar-refractivity contribution in [2.75, 3.05) is 65.3 Å². The number of pyridine rings is 3. The van der Waals surface area contributed by atoms with Crippen molar-refractivity contribution in [3.05, 3.63) is 252 Å². The summed E-state index contributed by atoms with van der Waals surface area (Å²) in [5.41, 5.74) is 21.4. The van der Waals surface area contributed by atoms with Gasteiger partial charge < -0.3 is 50.1 Å². The third-order valence-corrected chi connectivity index (χ3v) is 30.5. The maximum absolute atomic E-state index is 13.4. The van der Waals surface area contributed by atoms with Crippen molar-refractivity contribution in [3.63, 3.8) is 0 Å². The molecule has 28 nitrogen and oxygen atoms in total. The van der Waals surface area contributed by atoms with Gasteiger partial charge in [0.05, 0.1) is 102 Å². The second-order valence-corrected chi connectivity index (χ2v) is 42.8. The number of hydrogen-bond acceptors (Lipinski definition) is 27. The van der Waals surface area contributed by atoms with Crippen LogP contribution in [0.1, 0.15) is 142 Å². The summed E-state index contributed by atoms with van der Waals surface area (Å²) in [6.45, 7) is 15.5. The topological polar surface area (TPSA) is 373 Å². The molecule has 1 aliphatic heterocycles. The highest BCUT2D eigenvalue weighted by Crippen LogP contribution is 2.40. The van der Waals surface area contributed by atoms with Crippen molar-refractivity contribution in [2.24, 2.45) is 5.73 Å². The van der Waals surface area contributed by atoms with E-state index in [-0.39, 0.29) is 88.5 Å². The van der Waals surface area contributed by atoms with Crippen molar-refractivity contribution in [1.29, 1.82) is 0 Å². The zero-order valence-electron chi connectivity index (χ0n) is 77.1. The predicted molar refractivity (Wildman–Crippen MR) is 564 cm³/mol. The lowest BCUT2D eigenvalue weighted by atomic mass is 9.79. The molecule has 3 fully saturated rings. The highest BCUT2D eigenvalue weighted by molar-refractivity contribution is 9.10. The normalized spacial score (nSPS) is 15.8. The SMILES string of the molecule is C.C.C.C.CN(C)C1CCC(N)CC1.COc1nc(CS(=O)(=O)c2ccccc2Cl)ccc1-c1cc(C)c2nc(F)ncc2c1.COc1nc(CS(=O)(=O)c2ccccc2Cl)ccc1-c1cc(C)c2nc(NC3CCC(N(C)C)CC3)ncc2c1.COc1nc(NS(=O)(=O)c2ccccc2Cl)ccc1B1OC(C)(C)C(C)(C)O1.Cc1cc(Br)cc2cnc(F)nc12.Cc1cc(Br)cc2cnc(N)nc12. The van der Waals surface area contributed by atoms with E-state index in [0.717, 1.165) is 94.0 Å². The highest BCUT2D eigenvalue weighted by Gasteiger charge is 2.53. The van der Waals surface area contributed by atoms with E-state index in [2.05, 4.69) is 130 Å². The number of sulfone groups is 2. The van der Waals surface area contributed by atoms with Crippen LogP contribution < -0.4 is 41.2 Å². The fraction of sp³-hybridized carbons (Fsp3) is 0.350. The van der Waals surface area contributed by atoms with E-state index < -0.39 is 60.2 Å². The zero-order chi connectivity index (χ0) is 97.8. The number of nitrogens with two attached hydrogens (primary N) is 2. The van der Waals surface area contributed by atoms with Gasteiger partial charge in [0, 0.05) is 96.0 Å². The van der Waals surface area contributed by atoms with Gasteiger partial charge in [-0.3, -0.25) is 4.72 Å². The lowest BCUT2D eigenvalue weighted by molar-refractivity contribution is 0.00578. The van der Waals surface area contributed by atoms with Crippen LogP contribution in [0, 0.1) is 39.9 Å². The molecule has 742 valence electrons. The number of aryl methyl sites for hydroxylation is 4. The first-order chi connectivity index (χ1) is 63.9. The molecule has 14 aromatic rings. The summed E-state index contributed by atoms with van der Waals surface area (Å²) in [6, 6.07) is 46.7. The largest absolute Gasteiger partial charge is 0.500 e. The van der Waals surface area contributed by atoms with E-state index in [4.69, 9.17) is 74.8 Å². The minimum absolute atomic E-state index is 0. The summed E-state index contributed by atoms with van der Waals surface area (Å²) in [7, 11) is 1.10. The number of nitrogens with one attached hydrogen (secondary N) is 2. The van der Waals surface area contributed by atoms with Crippen molar-refractivity contribution in [1.82, 2.24) is 64.6 Å². The standard InChI is InChI=1S/C30H34ClN5O3S.C22H17ClFN3O3S.C18H22BClN2O5S.C9H6BrFN2.C9H8BrN3.C8H18N2.4CH4/c1-19-15-20(16-21-17-32-30(35-28(19)21)34-22-9-12-24(13-10-22)36(2)3)25-14-11-23(33-29(25)39-4)18-40(37,38)27-8-6-5-7-26(27)31;1-13-9-14(10-15-11-25-22(24)27-20(13)15)17-8-7-16(26-21(17)30-2)12-31(28,29)19-6-4-3-5-18(19)23;1-17(2)18(3,4)27-19(26-17)12-10-11-15(21-16(12)25-5)22-28(23,24)14-9-7-6-8-13(14)20;2*1-5-2-7(10)3-6-4-12-9(11)13-8(5)6;1-10(2)8-5-3-7(9)4-6-8;;;;/h5-8,11,14-17,22,24H,9-10,12-13,18H2,1-4H3,(H,32,34,35);3-11H,12H2,1-2H3;6-11H,1-5H3,(H,21,22);2-4H,1H3;2-4H,1H3,(H2,11,12,13);7-8H,3-6,9H2,1-2H3;4*1H4. The molecule has 7 aromatic heterocycles. The summed E-state index contributed by atoms with van der Waals surface area (Å²) in [4.78, 5) is 50.1. The van der Waals surface area contributed by atoms with Gasteiger partial charge in [-0.15, -0.1) is 0 Å². The Labute approximate surface area is 847 Å². The molecule has 0 radical (unpaired) electrons. The van der Waals surface area contributed by atoms with E-state index >= 15 is 0 Å². The quantitative estimate of drug-likeness (QED) is 0.0431. The summed E-state index contributed by atoms with van der Waals surface area (Å²) < 4.78 is 136. The fourth-order valence-electron chi connectivity index (χ4n) is 15.6. The van der Waals surface area contributed by atoms with Gasteiger partial charge >= 0.3 is 19.3 Å². The highest BCUT2D eigenvalue weighted by atomic mass is 79.9. The van der Waals surface area contributed by atoms with Crippen molar-refractivity contribution in [3.8, 4) is 39.9 Å². The molecule has 139 heavy (non-hydrogen) atoms. The van der Waals surface area contributed by atoms with Crippen LogP contribution in [0.4, 0.5) is 26.5 Å². The summed E-state index contributed by atoms with van der Waals surface area (Å²) in [5.74, 6) is 1.28. The number of benzene rings is 7. The minimum Gasteiger partial charge on any atom is -0.481 e. The van der Waals surface area contributed by atoms with Crippen LogP contribution in [-0.4, -0.2) is 182 Å². The molecule has 7 aromatic carbocycles. The Hall–Kier alpha value is -10.4. The Morgan fingerprint density at radius 3 is 1.27 bits per heavy atom. The number of halogens is 7. The van der Waals surface area contributed by atoms with Crippen LogP contribution >= 0.6 is 66.7 Å². The number of methoxy groups -OCH3 is 3. The van der Waals surface area contributed by atoms with Gasteiger partial charge in [0.25, 0.3) is 10.0 Å². The lowest BCUT2D eigenvalue weighted by Crippen LogP contribution is -2.41. The van der Waals surface area contributed by atoms with Gasteiger partial charge in [-0.25, -0.2) is 75.1 Å². The lowest BCUT2D eigenvalue weighted by Gasteiger charge is -2.32. The van der Waals surface area contributed by atoms with E-state index in [1.165, 1.54) is 109 Å². The second kappa shape index (κ2) is 49.3. The molecule has 3 aliphatic rings. The van der Waals surface area contributed by atoms with E-state index in [9.17, 15) is 34.0 Å². The number of aromatic nitrogens is 11. The van der Waals surface area contributed by atoms with E-state index in [0.29, 0.717) is 74.7 Å². The number of nitrogens with zero attached hydrogens (tertiary/aromatic N) is 13. The first-order valence-corrected chi connectivity index (χ1v) is 50.5. The van der Waals surface area contributed by atoms with Gasteiger partial charge in [0.15, 0.2) is 19.7 Å². The number of hydrogen-bond donors (Lipinski definition) is 4. The molecular formula is C100H121BBr2Cl3F2N17O11S3. The maximum atomic E-state index is 13.4. The van der Waals surface area contributed by atoms with Gasteiger partial charge in [-0.05, 0) is 284 Å². The summed E-state index contributed by atoms with van der Waals surface area (Å²) in [6.07, 6.45) is 14.5. The van der Waals surface area contributed by atoms with Gasteiger partial charge in [0.1, 0.15) is 10.7 Å². The molecule has 0 amide bonds. The molecular weight excluding hydrogens is 2030 g/mol. The predicted octanol–water partition coefficient (Wildman–Crippen LogP) is 22.0. The Balaban J connectivity index is 0.000000216. The number of ether oxygens (including phenoxy) is 3. The number of fused-ring (bicyclic) bond motifs is 4. The maximum Gasteiger partial charge on any atom is 0.500 e. The fourth-order valence-corrected chi connectivity index (χ4v) is 22.0. The van der Waals surface area contributed by atoms with Crippen LogP contribution in [0.25, 0.3) is 65.9 Å². The summed E-state index contributed by atoms with van der Waals surface area (Å²) in [5, 5.41) is 7.43. The molecule has 1 saturated heterocycles. The molecule has 2 saturated carbocycles. The van der Waals surface area contributed by atoms with E-state index in [1.807, 2.05) is 116 Å². The zero-order valence-corrected chi connectivity index (χ0v) is 85.0. The Kier molecular flexibility index (Phi) is 40.4. The van der Waals surface area contributed by atoms with Crippen LogP contribution in [0.2, 0.25) is 15.1 Å². The van der Waals surface area contributed by atoms with Gasteiger partial charge in [-0.1, -0.05) is 139 Å². The van der Waals surface area contributed by atoms with Crippen LogP contribution in [0.5, 0.6) is 17.6 Å². The van der Waals surface area contributed by atoms with Gasteiger partial charge in [-0.2, -0.15) is 13.8 Å². The van der Waals surface area contributed by atoms with E-state index in [1.54, 1.807) is 72.9 Å². The van der Waals surface area contributed by atoms with Crippen molar-refractivity contribution < 1.29 is 57.6 Å². The molecule has 2 aliphatic carbocycles. The molecule has 0 spiro atoms. The van der Waals surface area contributed by atoms with Crippen LogP contribution in [0.3, 0.4) is 0 Å². The third-order valence-electron chi connectivity index (χ3n) is 23.4. The molecule has 39 heteroatoms. The molecule has 0 unspecified atom stereocenters. The first kappa shape index (κ1) is 114. The molecule has 17 rings (SSSR count). The second-order valence-electron chi connectivity index (χ2n) is 34.1. The Morgan fingerprint density at radius 1 is 0.468 bits per heavy atom. The Morgan fingerprint density at radius 2 is 0.849 bits per heavy atom. The van der Waals surface area contributed by atoms with Gasteiger partial charge in [0.2, 0.25) is 29.5 Å². The van der Waals surface area contributed by atoms with Crippen LogP contribution in [-0.2, 0) is 50.5 Å². The summed E-state index contributed by atoms with van der Waals surface area (Å²) >= 11 is 25.0. The molecule has 6 N–H and O–H groups in total. The molecule has 0 atom stereocenters. The number of anilines is 3. The van der Waals surface area contributed by atoms with Crippen LogP contribution in [0.15, 0.2) is 206 Å².